The molecule has 2 N–H and O–H groups in total. The number of nitrogens with two attached hydrogens (primary N) is 1. The first-order valence-corrected chi connectivity index (χ1v) is 6.62. The Morgan fingerprint density at radius 1 is 1.33 bits per heavy atom. The monoisotopic (exact) mass is 334 g/mol. The summed E-state index contributed by atoms with van der Waals surface area (Å²) in [5.41, 5.74) is 6.86. The minimum Gasteiger partial charge on any atom is -0.329 e. The van der Waals surface area contributed by atoms with Crippen molar-refractivity contribution in [3.05, 3.63) is 32.7 Å². The Hall–Kier alpha value is 0.1000. The molecule has 1 rings (SSSR count). The molecule has 0 aliphatic heterocycles. The molecule has 0 fully saturated rings. The highest BCUT2D eigenvalue weighted by atomic mass is 79.9. The number of hydrogen-bond acceptors (Lipinski definition) is 2. The summed E-state index contributed by atoms with van der Waals surface area (Å²) in [6.07, 6.45) is 0. The molecule has 4 heteroatoms. The fraction of sp³-hybridized carbons (Fsp3) is 0.455. The highest BCUT2D eigenvalue weighted by Crippen LogP contribution is 2.22. The number of rotatable bonds is 5. The molecule has 0 heterocycles. The van der Waals surface area contributed by atoms with Gasteiger partial charge in [-0.05, 0) is 24.2 Å². The highest BCUT2D eigenvalue weighted by molar-refractivity contribution is 9.11. The lowest BCUT2D eigenvalue weighted by atomic mass is 10.2. The second-order valence-corrected chi connectivity index (χ2v) is 5.16. The van der Waals surface area contributed by atoms with Crippen LogP contribution in [0.5, 0.6) is 0 Å². The van der Waals surface area contributed by atoms with Gasteiger partial charge in [0.05, 0.1) is 0 Å². The lowest BCUT2D eigenvalue weighted by molar-refractivity contribution is 0.287. The summed E-state index contributed by atoms with van der Waals surface area (Å²) in [4.78, 5) is 2.33. The number of nitrogens with zero attached hydrogens (tertiary/aromatic N) is 1. The second-order valence-electron chi connectivity index (χ2n) is 3.39. The standard InChI is InChI=1S/C11H16Br2N2/c1-2-15(6-5-14)8-9-3-4-10(12)7-11(9)13/h3-4,7H,2,5-6,8,14H2,1H3. The van der Waals surface area contributed by atoms with E-state index in [9.17, 15) is 0 Å². The highest BCUT2D eigenvalue weighted by Gasteiger charge is 2.05. The lowest BCUT2D eigenvalue weighted by Crippen LogP contribution is -2.28. The zero-order chi connectivity index (χ0) is 11.3. The van der Waals surface area contributed by atoms with Crippen LogP contribution in [0.3, 0.4) is 0 Å². The average molecular weight is 336 g/mol. The summed E-state index contributed by atoms with van der Waals surface area (Å²) in [5.74, 6) is 0. The van der Waals surface area contributed by atoms with Gasteiger partial charge in [-0.15, -0.1) is 0 Å². The summed E-state index contributed by atoms with van der Waals surface area (Å²) >= 11 is 7.01. The predicted octanol–water partition coefficient (Wildman–Crippen LogP) is 2.99. The van der Waals surface area contributed by atoms with Crippen molar-refractivity contribution in [2.75, 3.05) is 19.6 Å². The van der Waals surface area contributed by atoms with Crippen molar-refractivity contribution in [3.63, 3.8) is 0 Å². The van der Waals surface area contributed by atoms with Crippen molar-refractivity contribution in [2.45, 2.75) is 13.5 Å². The van der Waals surface area contributed by atoms with Gasteiger partial charge in [0.15, 0.2) is 0 Å². The smallest absolute Gasteiger partial charge is 0.0245 e. The van der Waals surface area contributed by atoms with Crippen LogP contribution in [0.4, 0.5) is 0 Å². The molecule has 0 atom stereocenters. The third-order valence-corrected chi connectivity index (χ3v) is 3.53. The summed E-state index contributed by atoms with van der Waals surface area (Å²) in [6.45, 7) is 5.78. The first kappa shape index (κ1) is 13.2. The molecule has 2 nitrogen and oxygen atoms in total. The number of halogens is 2. The van der Waals surface area contributed by atoms with Crippen molar-refractivity contribution >= 4 is 31.9 Å². The molecule has 1 aromatic carbocycles. The average Bonchev–Trinajstić information content (AvgIpc) is 2.21. The first-order chi connectivity index (χ1) is 7.17. The third-order valence-electron chi connectivity index (χ3n) is 2.30. The maximum Gasteiger partial charge on any atom is 0.0245 e. The van der Waals surface area contributed by atoms with Gasteiger partial charge in [-0.2, -0.15) is 0 Å². The molecule has 0 unspecified atom stereocenters. The van der Waals surface area contributed by atoms with Crippen molar-refractivity contribution in [1.82, 2.24) is 4.90 Å². The SMILES string of the molecule is CCN(CCN)Cc1ccc(Br)cc1Br. The van der Waals surface area contributed by atoms with Gasteiger partial charge >= 0.3 is 0 Å². The molecular formula is C11H16Br2N2. The quantitative estimate of drug-likeness (QED) is 0.896. The van der Waals surface area contributed by atoms with Crippen LogP contribution in [-0.4, -0.2) is 24.5 Å². The number of hydrogen-bond donors (Lipinski definition) is 1. The van der Waals surface area contributed by atoms with Crippen molar-refractivity contribution in [1.29, 1.82) is 0 Å². The molecule has 0 saturated heterocycles. The van der Waals surface area contributed by atoms with Crippen LogP contribution in [0.1, 0.15) is 12.5 Å². The van der Waals surface area contributed by atoms with Crippen LogP contribution >= 0.6 is 31.9 Å². The van der Waals surface area contributed by atoms with Gasteiger partial charge < -0.3 is 5.73 Å². The molecule has 0 radical (unpaired) electrons. The minimum atomic E-state index is 0.710. The van der Waals surface area contributed by atoms with Crippen molar-refractivity contribution in [3.8, 4) is 0 Å². The summed E-state index contributed by atoms with van der Waals surface area (Å²) in [6, 6.07) is 6.27. The van der Waals surface area contributed by atoms with Gasteiger partial charge in [0.2, 0.25) is 0 Å². The Morgan fingerprint density at radius 2 is 2.07 bits per heavy atom. The van der Waals surface area contributed by atoms with E-state index in [-0.39, 0.29) is 0 Å². The fourth-order valence-electron chi connectivity index (χ4n) is 1.42. The molecule has 15 heavy (non-hydrogen) atoms. The second kappa shape index (κ2) is 6.63. The van der Waals surface area contributed by atoms with E-state index >= 15 is 0 Å². The number of benzene rings is 1. The largest absolute Gasteiger partial charge is 0.329 e. The van der Waals surface area contributed by atoms with Gasteiger partial charge in [0.25, 0.3) is 0 Å². The van der Waals surface area contributed by atoms with E-state index in [1.165, 1.54) is 5.56 Å². The molecule has 0 aliphatic carbocycles. The van der Waals surface area contributed by atoms with E-state index in [0.717, 1.165) is 28.6 Å². The summed E-state index contributed by atoms with van der Waals surface area (Å²) < 4.78 is 2.24. The Labute approximate surface area is 108 Å². The van der Waals surface area contributed by atoms with Crippen molar-refractivity contribution < 1.29 is 0 Å². The Bertz CT molecular complexity index is 315. The first-order valence-electron chi connectivity index (χ1n) is 5.03. The van der Waals surface area contributed by atoms with Crippen LogP contribution in [0, 0.1) is 0 Å². The third kappa shape index (κ3) is 4.23. The van der Waals surface area contributed by atoms with Crippen LogP contribution < -0.4 is 5.73 Å². The van der Waals surface area contributed by atoms with E-state index in [4.69, 9.17) is 5.73 Å². The van der Waals surface area contributed by atoms with E-state index < -0.39 is 0 Å². The minimum absolute atomic E-state index is 0.710. The van der Waals surface area contributed by atoms with E-state index in [0.29, 0.717) is 6.54 Å². The van der Waals surface area contributed by atoms with Crippen molar-refractivity contribution in [2.24, 2.45) is 5.73 Å². The van der Waals surface area contributed by atoms with Crippen LogP contribution in [0.25, 0.3) is 0 Å². The van der Waals surface area contributed by atoms with Gasteiger partial charge in [-0.1, -0.05) is 44.8 Å². The van der Waals surface area contributed by atoms with E-state index in [1.807, 2.05) is 0 Å². The molecule has 0 bridgehead atoms. The lowest BCUT2D eigenvalue weighted by Gasteiger charge is -2.20. The maximum atomic E-state index is 5.56. The zero-order valence-electron chi connectivity index (χ0n) is 8.84. The van der Waals surface area contributed by atoms with Crippen LogP contribution in [0.15, 0.2) is 27.1 Å². The molecule has 0 aromatic heterocycles. The van der Waals surface area contributed by atoms with Crippen LogP contribution in [0.2, 0.25) is 0 Å². The Balaban J connectivity index is 2.70. The topological polar surface area (TPSA) is 29.3 Å². The van der Waals surface area contributed by atoms with Gasteiger partial charge in [0.1, 0.15) is 0 Å². The molecular weight excluding hydrogens is 320 g/mol. The predicted molar refractivity (Wildman–Crippen MR) is 71.8 cm³/mol. The molecule has 84 valence electrons. The summed E-state index contributed by atoms with van der Waals surface area (Å²) in [7, 11) is 0. The van der Waals surface area contributed by atoms with E-state index in [1.54, 1.807) is 0 Å². The van der Waals surface area contributed by atoms with Gasteiger partial charge in [-0.3, -0.25) is 4.90 Å². The zero-order valence-corrected chi connectivity index (χ0v) is 12.0. The molecule has 0 aliphatic rings. The number of likely N-dealkylation sites (N-methyl/N-ethyl adjacent to an activating group) is 1. The summed E-state index contributed by atoms with van der Waals surface area (Å²) in [5, 5.41) is 0. The van der Waals surface area contributed by atoms with E-state index in [2.05, 4.69) is 61.9 Å². The fourth-order valence-corrected chi connectivity index (χ4v) is 2.59. The van der Waals surface area contributed by atoms with Gasteiger partial charge in [-0.25, -0.2) is 0 Å². The Kier molecular flexibility index (Phi) is 5.82. The molecule has 0 spiro atoms. The maximum absolute atomic E-state index is 5.56. The van der Waals surface area contributed by atoms with Gasteiger partial charge in [0, 0.05) is 28.6 Å². The molecule has 1 aromatic rings. The molecule has 0 saturated carbocycles. The normalized spacial score (nSPS) is 11.0. The Morgan fingerprint density at radius 3 is 2.60 bits per heavy atom. The van der Waals surface area contributed by atoms with Crippen LogP contribution in [-0.2, 0) is 6.54 Å². The molecule has 0 amide bonds.